The Morgan fingerprint density at radius 2 is 1.76 bits per heavy atom. The molecule has 6 nitrogen and oxygen atoms in total. The smallest absolute Gasteiger partial charge is 0.232 e. The molecule has 4 aromatic rings. The Morgan fingerprint density at radius 1 is 1.03 bits per heavy atom. The minimum Gasteiger partial charge on any atom is -0.345 e. The predicted molar refractivity (Wildman–Crippen MR) is 119 cm³/mol. The molecule has 170 valence electrons. The van der Waals surface area contributed by atoms with Gasteiger partial charge in [0.1, 0.15) is 23.0 Å². The van der Waals surface area contributed by atoms with Crippen LogP contribution in [0, 0.1) is 17.5 Å². The summed E-state index contributed by atoms with van der Waals surface area (Å²) in [6.07, 6.45) is 3.13. The molecule has 2 aromatic carbocycles. The summed E-state index contributed by atoms with van der Waals surface area (Å²) in [6.45, 7) is 1.61. The van der Waals surface area contributed by atoms with Crippen LogP contribution >= 0.6 is 0 Å². The molecule has 0 saturated heterocycles. The number of fused-ring (bicyclic) bond motifs is 1. The largest absolute Gasteiger partial charge is 0.345 e. The maximum absolute atomic E-state index is 15.1. The lowest BCUT2D eigenvalue weighted by atomic mass is 10.00. The number of benzene rings is 2. The molecule has 0 atom stereocenters. The molecule has 2 heterocycles. The molecule has 10 heteroatoms. The molecule has 2 aromatic heterocycles. The molecule has 0 aliphatic rings. The van der Waals surface area contributed by atoms with Crippen LogP contribution in [0.25, 0.3) is 22.2 Å². The molecule has 0 aliphatic carbocycles. The highest BCUT2D eigenvalue weighted by atomic mass is 32.2. The van der Waals surface area contributed by atoms with Gasteiger partial charge in [-0.3, -0.25) is 9.52 Å². The molecule has 4 rings (SSSR count). The minimum atomic E-state index is -3.98. The second-order valence-electron chi connectivity index (χ2n) is 7.36. The van der Waals surface area contributed by atoms with Crippen LogP contribution in [0.15, 0.2) is 54.9 Å². The van der Waals surface area contributed by atoms with Crippen molar-refractivity contribution in [2.45, 2.75) is 13.3 Å². The standard InChI is InChI=1S/C23H18F3N3O3S/c1-2-9-33(31,32)29-21-19(25)8-7-16(20(21)26)22(30)18-12-28-23-17(18)10-14(11-27-23)13-3-5-15(24)6-4-13/h3-8,10-12,29H,2,9H2,1H3,(H,27,28). The summed E-state index contributed by atoms with van der Waals surface area (Å²) in [5, 5.41) is 0.374. The normalized spacial score (nSPS) is 11.6. The van der Waals surface area contributed by atoms with Crippen LogP contribution in [0.1, 0.15) is 29.3 Å². The Morgan fingerprint density at radius 3 is 2.45 bits per heavy atom. The van der Waals surface area contributed by atoms with E-state index in [2.05, 4.69) is 9.97 Å². The van der Waals surface area contributed by atoms with Gasteiger partial charge in [-0.1, -0.05) is 19.1 Å². The monoisotopic (exact) mass is 473 g/mol. The number of carbonyl (C=O) groups excluding carboxylic acids is 1. The van der Waals surface area contributed by atoms with Gasteiger partial charge in [-0.05, 0) is 42.3 Å². The van der Waals surface area contributed by atoms with E-state index in [1.165, 1.54) is 18.3 Å². The first kappa shape index (κ1) is 22.5. The maximum Gasteiger partial charge on any atom is 0.232 e. The first-order valence-corrected chi connectivity index (χ1v) is 11.6. The number of rotatable bonds is 7. The summed E-state index contributed by atoms with van der Waals surface area (Å²) in [5.74, 6) is -3.96. The third-order valence-corrected chi connectivity index (χ3v) is 6.48. The Balaban J connectivity index is 1.77. The van der Waals surface area contributed by atoms with Crippen molar-refractivity contribution in [3.63, 3.8) is 0 Å². The number of pyridine rings is 1. The van der Waals surface area contributed by atoms with Crippen LogP contribution in [-0.2, 0) is 10.0 Å². The highest BCUT2D eigenvalue weighted by Crippen LogP contribution is 2.29. The zero-order valence-corrected chi connectivity index (χ0v) is 18.1. The third kappa shape index (κ3) is 4.47. The molecular formula is C23H18F3N3O3S. The van der Waals surface area contributed by atoms with Gasteiger partial charge in [0.15, 0.2) is 11.6 Å². The number of nitrogens with one attached hydrogen (secondary N) is 2. The topological polar surface area (TPSA) is 91.9 Å². The number of anilines is 1. The van der Waals surface area contributed by atoms with Crippen LogP contribution in [0.5, 0.6) is 0 Å². The molecule has 0 unspecified atom stereocenters. The first-order chi connectivity index (χ1) is 15.7. The molecule has 0 spiro atoms. The number of hydrogen-bond acceptors (Lipinski definition) is 4. The average molecular weight is 473 g/mol. The number of hydrogen-bond donors (Lipinski definition) is 2. The lowest BCUT2D eigenvalue weighted by Gasteiger charge is -2.11. The second kappa shape index (κ2) is 8.70. The summed E-state index contributed by atoms with van der Waals surface area (Å²) >= 11 is 0. The van der Waals surface area contributed by atoms with Crippen LogP contribution in [0.2, 0.25) is 0 Å². The Hall–Kier alpha value is -3.66. The number of aromatic nitrogens is 2. The van der Waals surface area contributed by atoms with Gasteiger partial charge in [-0.15, -0.1) is 0 Å². The fraction of sp³-hybridized carbons (Fsp3) is 0.130. The SMILES string of the molecule is CCCS(=O)(=O)Nc1c(F)ccc(C(=O)c2c[nH]c3ncc(-c4ccc(F)cc4)cc23)c1F. The highest BCUT2D eigenvalue weighted by molar-refractivity contribution is 7.92. The summed E-state index contributed by atoms with van der Waals surface area (Å²) in [5.41, 5.74) is 0.276. The van der Waals surface area contributed by atoms with Gasteiger partial charge in [-0.25, -0.2) is 26.6 Å². The molecule has 0 amide bonds. The minimum absolute atomic E-state index is 0.0642. The fourth-order valence-electron chi connectivity index (χ4n) is 3.43. The van der Waals surface area contributed by atoms with Crippen molar-refractivity contribution in [1.29, 1.82) is 0 Å². The van der Waals surface area contributed by atoms with Crippen LogP contribution in [0.4, 0.5) is 18.9 Å². The molecule has 2 N–H and O–H groups in total. The molecule has 33 heavy (non-hydrogen) atoms. The van der Waals surface area contributed by atoms with Gasteiger partial charge in [0, 0.05) is 28.9 Å². The van der Waals surface area contributed by atoms with Crippen LogP contribution < -0.4 is 4.72 Å². The number of halogens is 3. The summed E-state index contributed by atoms with van der Waals surface area (Å²) < 4.78 is 68.4. The van der Waals surface area contributed by atoms with E-state index in [4.69, 9.17) is 0 Å². The van der Waals surface area contributed by atoms with Gasteiger partial charge in [-0.2, -0.15) is 0 Å². The zero-order valence-electron chi connectivity index (χ0n) is 17.3. The number of ketones is 1. The van der Waals surface area contributed by atoms with Crippen molar-refractivity contribution < 1.29 is 26.4 Å². The van der Waals surface area contributed by atoms with E-state index >= 15 is 4.39 Å². The highest BCUT2D eigenvalue weighted by Gasteiger charge is 2.24. The zero-order chi connectivity index (χ0) is 23.8. The quantitative estimate of drug-likeness (QED) is 0.368. The van der Waals surface area contributed by atoms with E-state index in [9.17, 15) is 22.0 Å². The van der Waals surface area contributed by atoms with Gasteiger partial charge in [0.25, 0.3) is 0 Å². The van der Waals surface area contributed by atoms with Gasteiger partial charge in [0.05, 0.1) is 11.3 Å². The lowest BCUT2D eigenvalue weighted by molar-refractivity contribution is 0.103. The van der Waals surface area contributed by atoms with Crippen molar-refractivity contribution in [2.24, 2.45) is 0 Å². The summed E-state index contributed by atoms with van der Waals surface area (Å²) in [7, 11) is -3.98. The number of aromatic amines is 1. The molecule has 0 bridgehead atoms. The van der Waals surface area contributed by atoms with E-state index in [1.54, 1.807) is 31.3 Å². The van der Waals surface area contributed by atoms with E-state index in [-0.39, 0.29) is 17.7 Å². The van der Waals surface area contributed by atoms with E-state index in [0.29, 0.717) is 22.2 Å². The number of nitrogens with zero attached hydrogens (tertiary/aromatic N) is 1. The lowest BCUT2D eigenvalue weighted by Crippen LogP contribution is -2.19. The van der Waals surface area contributed by atoms with Crippen molar-refractivity contribution in [2.75, 3.05) is 10.5 Å². The second-order valence-corrected chi connectivity index (χ2v) is 9.21. The van der Waals surface area contributed by atoms with E-state index < -0.39 is 44.5 Å². The molecule has 0 aliphatic heterocycles. The number of carbonyl (C=O) groups is 1. The Labute approximate surface area is 187 Å². The fourth-order valence-corrected chi connectivity index (χ4v) is 4.57. The molecule has 0 radical (unpaired) electrons. The van der Waals surface area contributed by atoms with Gasteiger partial charge in [0.2, 0.25) is 10.0 Å². The predicted octanol–water partition coefficient (Wildman–Crippen LogP) is 5.03. The van der Waals surface area contributed by atoms with Crippen molar-refractivity contribution in [1.82, 2.24) is 9.97 Å². The maximum atomic E-state index is 15.1. The molecule has 0 fully saturated rings. The average Bonchev–Trinajstić information content (AvgIpc) is 3.20. The van der Waals surface area contributed by atoms with Crippen molar-refractivity contribution in [3.8, 4) is 11.1 Å². The van der Waals surface area contributed by atoms with E-state index in [1.807, 2.05) is 4.72 Å². The summed E-state index contributed by atoms with van der Waals surface area (Å²) in [6, 6.07) is 9.13. The van der Waals surface area contributed by atoms with Crippen LogP contribution in [0.3, 0.4) is 0 Å². The van der Waals surface area contributed by atoms with Crippen LogP contribution in [-0.4, -0.2) is 29.9 Å². The van der Waals surface area contributed by atoms with E-state index in [0.717, 1.165) is 12.1 Å². The first-order valence-electron chi connectivity index (χ1n) is 9.96. The van der Waals surface area contributed by atoms with Gasteiger partial charge >= 0.3 is 0 Å². The molecular weight excluding hydrogens is 455 g/mol. The van der Waals surface area contributed by atoms with Crippen molar-refractivity contribution in [3.05, 3.63) is 83.4 Å². The van der Waals surface area contributed by atoms with Gasteiger partial charge < -0.3 is 4.98 Å². The third-order valence-electron chi connectivity index (χ3n) is 5.02. The number of sulfonamides is 1. The Bertz CT molecular complexity index is 1470. The summed E-state index contributed by atoms with van der Waals surface area (Å²) in [4.78, 5) is 20.2. The number of H-pyrrole nitrogens is 1. The Kier molecular flexibility index (Phi) is 5.94. The van der Waals surface area contributed by atoms with Crippen molar-refractivity contribution >= 4 is 32.5 Å². The molecule has 0 saturated carbocycles.